The van der Waals surface area contributed by atoms with Crippen molar-refractivity contribution in [1.82, 2.24) is 0 Å². The Hall–Kier alpha value is -0.119. The molecule has 1 nitrogen and oxygen atoms in total. The minimum atomic E-state index is -1.01. The molecule has 1 aromatic rings. The van der Waals surface area contributed by atoms with Gasteiger partial charge in [0, 0.05) is 8.07 Å². The van der Waals surface area contributed by atoms with Crippen LogP contribution in [0.4, 0.5) is 0 Å². The van der Waals surface area contributed by atoms with Gasteiger partial charge in [0.15, 0.2) is 0 Å². The van der Waals surface area contributed by atoms with Crippen molar-refractivity contribution in [3.8, 4) is 5.75 Å². The van der Waals surface area contributed by atoms with Crippen molar-refractivity contribution in [2.75, 3.05) is 0 Å². The van der Waals surface area contributed by atoms with E-state index in [1.165, 1.54) is 9.01 Å². The molecular weight excluding hydrogens is 391 g/mol. The van der Waals surface area contributed by atoms with Gasteiger partial charge in [-0.2, -0.15) is 6.08 Å². The molecule has 5 heteroatoms. The van der Waals surface area contributed by atoms with Crippen LogP contribution in [0.3, 0.4) is 0 Å². The van der Waals surface area contributed by atoms with Crippen LogP contribution in [-0.4, -0.2) is 17.0 Å². The minimum Gasteiger partial charge on any atom is -0.508 e. The summed E-state index contributed by atoms with van der Waals surface area (Å²) in [5.41, 5.74) is 2.21. The molecule has 0 fully saturated rings. The van der Waals surface area contributed by atoms with E-state index in [9.17, 15) is 0 Å². The molecule has 0 amide bonds. The van der Waals surface area contributed by atoms with Crippen LogP contribution in [0.25, 0.3) is 0 Å². The molecule has 135 valence electrons. The number of rotatable bonds is 1. The second-order valence-corrected chi connectivity index (χ2v) is 13.4. The molecule has 1 N–H and O–H groups in total. The number of aromatic hydroxyl groups is 1. The van der Waals surface area contributed by atoms with Crippen LogP contribution < -0.4 is 0 Å². The number of halogens is 2. The van der Waals surface area contributed by atoms with Gasteiger partial charge in [-0.05, 0) is 37.1 Å². The molecule has 0 heterocycles. The fourth-order valence-electron chi connectivity index (χ4n) is 1.87. The van der Waals surface area contributed by atoms with E-state index in [4.69, 9.17) is 5.11 Å². The normalized spacial score (nSPS) is 11.6. The molecule has 0 saturated carbocycles. The van der Waals surface area contributed by atoms with Gasteiger partial charge in [0.2, 0.25) is 0 Å². The van der Waals surface area contributed by atoms with Gasteiger partial charge in [0.25, 0.3) is 0 Å². The summed E-state index contributed by atoms with van der Waals surface area (Å²) in [6, 6.07) is 5.51. The molecule has 0 atom stereocenters. The van der Waals surface area contributed by atoms with Gasteiger partial charge in [-0.15, -0.1) is 31.2 Å². The van der Waals surface area contributed by atoms with Crippen LogP contribution in [0.2, 0.25) is 19.6 Å². The fourth-order valence-corrected chi connectivity index (χ4v) is 3.12. The first-order valence-electron chi connectivity index (χ1n) is 7.59. The molecule has 1 aliphatic carbocycles. The van der Waals surface area contributed by atoms with Gasteiger partial charge in [-0.25, -0.2) is 11.3 Å². The van der Waals surface area contributed by atoms with Crippen molar-refractivity contribution >= 4 is 36.7 Å². The molecule has 0 bridgehead atoms. The van der Waals surface area contributed by atoms with E-state index in [1.54, 1.807) is 12.1 Å². The Morgan fingerprint density at radius 3 is 1.67 bits per heavy atom. The van der Waals surface area contributed by atoms with Gasteiger partial charge < -0.3 is 5.11 Å². The van der Waals surface area contributed by atoms with Crippen LogP contribution in [0, 0.1) is 19.9 Å². The molecule has 0 saturated heterocycles. The maximum absolute atomic E-state index is 8.99. The molecule has 2 rings (SSSR count). The Bertz CT molecular complexity index is 506. The molecule has 0 aliphatic heterocycles. The molecule has 24 heavy (non-hydrogen) atoms. The standard InChI is InChI=1S/C8H10O.C8H13Si.C3H6.2ClH.Ti/c1-6-3-7(2)5-8(9)4-6;1-9(2,3)8-6-4-5-7-8;1-3-2;;;/h3-5,9H,1-2H3;4,6H,5H2,1-3H3;1-2H3;2*1H;/q;-1;;;;+1. The Kier molecular flexibility index (Phi) is 16.8. The van der Waals surface area contributed by atoms with Crippen molar-refractivity contribution < 1.29 is 25.1 Å². The molecule has 1 aromatic carbocycles. The predicted octanol–water partition coefficient (Wildman–Crippen LogP) is 6.15. The summed E-state index contributed by atoms with van der Waals surface area (Å²) in [5, 5.41) is 10.5. The van der Waals surface area contributed by atoms with Crippen LogP contribution in [0.15, 0.2) is 35.5 Å². The summed E-state index contributed by atoms with van der Waals surface area (Å²) in [5.74, 6) is 0.354. The van der Waals surface area contributed by atoms with E-state index in [-0.39, 0.29) is 24.8 Å². The molecule has 0 unspecified atom stereocenters. The summed E-state index contributed by atoms with van der Waals surface area (Å²) in [6.07, 6.45) is 8.82. The Balaban J connectivity index is -0.000000283. The third-order valence-corrected chi connectivity index (χ3v) is 4.67. The first-order chi connectivity index (χ1) is 10.0. The number of aryl methyl sites for hydroxylation is 2. The van der Waals surface area contributed by atoms with Crippen LogP contribution in [0.1, 0.15) is 31.4 Å². The van der Waals surface area contributed by atoms with Gasteiger partial charge in [-0.1, -0.05) is 25.7 Å². The van der Waals surface area contributed by atoms with Gasteiger partial charge in [0.1, 0.15) is 5.75 Å². The van der Waals surface area contributed by atoms with Gasteiger partial charge in [-0.3, -0.25) is 6.08 Å². The molecular formula is C19H31Cl2OSiTi. The molecule has 0 spiro atoms. The largest absolute Gasteiger partial charge is 0.508 e. The van der Waals surface area contributed by atoms with Crippen LogP contribution in [-0.2, 0) is 20.0 Å². The zero-order valence-electron chi connectivity index (χ0n) is 15.9. The van der Waals surface area contributed by atoms with E-state index in [2.05, 4.69) is 71.7 Å². The maximum atomic E-state index is 8.99. The van der Waals surface area contributed by atoms with Crippen molar-refractivity contribution in [3.63, 3.8) is 0 Å². The minimum absolute atomic E-state index is 0. The number of phenols is 1. The third kappa shape index (κ3) is 15.4. The quantitative estimate of drug-likeness (QED) is 0.425. The summed E-state index contributed by atoms with van der Waals surface area (Å²) in [6.45, 7) is 15.2. The third-order valence-electron chi connectivity index (χ3n) is 2.71. The Labute approximate surface area is 173 Å². The van der Waals surface area contributed by atoms with E-state index in [1.807, 2.05) is 19.9 Å². The van der Waals surface area contributed by atoms with E-state index < -0.39 is 8.07 Å². The van der Waals surface area contributed by atoms with Gasteiger partial charge in [0.05, 0.1) is 0 Å². The summed E-state index contributed by atoms with van der Waals surface area (Å²) >= 11 is 2.08. The zero-order valence-corrected chi connectivity index (χ0v) is 20.1. The average Bonchev–Trinajstić information content (AvgIpc) is 2.78. The molecule has 0 radical (unpaired) electrons. The Morgan fingerprint density at radius 2 is 1.46 bits per heavy atom. The van der Waals surface area contributed by atoms with Crippen LogP contribution >= 0.6 is 24.8 Å². The van der Waals surface area contributed by atoms with Gasteiger partial charge >= 0.3 is 37.6 Å². The van der Waals surface area contributed by atoms with Crippen molar-refractivity contribution in [1.29, 1.82) is 0 Å². The topological polar surface area (TPSA) is 20.2 Å². The molecule has 0 aromatic heterocycles. The predicted molar refractivity (Wildman–Crippen MR) is 112 cm³/mol. The monoisotopic (exact) mass is 421 g/mol. The fraction of sp³-hybridized carbons (Fsp3) is 0.421. The average molecular weight is 422 g/mol. The summed E-state index contributed by atoms with van der Waals surface area (Å²) in [7, 11) is -1.01. The van der Waals surface area contributed by atoms with E-state index >= 15 is 0 Å². The number of hydrogen-bond acceptors (Lipinski definition) is 1. The Morgan fingerprint density at radius 1 is 1.04 bits per heavy atom. The second kappa shape index (κ2) is 14.1. The summed E-state index contributed by atoms with van der Waals surface area (Å²) in [4.78, 5) is 0. The molecule has 1 aliphatic rings. The smallest absolute Gasteiger partial charge is 0.116 e. The van der Waals surface area contributed by atoms with E-state index in [0.717, 1.165) is 17.5 Å². The summed E-state index contributed by atoms with van der Waals surface area (Å²) < 4.78 is 1.42. The van der Waals surface area contributed by atoms with Crippen molar-refractivity contribution in [2.24, 2.45) is 0 Å². The SMILES string of the molecule is C[C](C)=[Ti+].C[Si](C)(C)C1=[C-]CC=C1.Cc1cc(C)cc(O)c1.Cl.Cl. The first-order valence-corrected chi connectivity index (χ1v) is 11.9. The van der Waals surface area contributed by atoms with Crippen LogP contribution in [0.5, 0.6) is 5.75 Å². The second-order valence-electron chi connectivity index (χ2n) is 6.79. The first kappa shape index (κ1) is 28.7. The number of phenolic OH excluding ortho intramolecular Hbond substituents is 1. The maximum Gasteiger partial charge on any atom is 0.116 e. The zero-order chi connectivity index (χ0) is 17.3. The number of allylic oxidation sites excluding steroid dienone is 4. The number of benzene rings is 1. The van der Waals surface area contributed by atoms with E-state index in [0.29, 0.717) is 5.75 Å². The van der Waals surface area contributed by atoms with Crippen molar-refractivity contribution in [2.45, 2.75) is 53.8 Å². The number of hydrogen-bond donors (Lipinski definition) is 1. The van der Waals surface area contributed by atoms with Crippen molar-refractivity contribution in [3.05, 3.63) is 52.8 Å².